The predicted octanol–water partition coefficient (Wildman–Crippen LogP) is 2.49. The first kappa shape index (κ1) is 17.9. The standard InChI is InChI=1S/C20H23FN4O/c1-22-20(23-13-19(26)24-17-10-7-16(21)8-11-17)25-18-9-6-14-4-2-3-5-15(14)12-18/h2-5,7-8,10-11,18H,6,9,12-13H2,1H3,(H,24,26)(H2,22,23,25). The number of aryl methyl sites for hydroxylation is 1. The SMILES string of the molecule is CN=C(NCC(=O)Nc1ccc(F)cc1)NC1CCc2ccccc2C1. The number of rotatable bonds is 4. The van der Waals surface area contributed by atoms with Crippen LogP contribution in [0.15, 0.2) is 53.5 Å². The molecule has 0 radical (unpaired) electrons. The third-order valence-corrected chi connectivity index (χ3v) is 4.46. The topological polar surface area (TPSA) is 65.5 Å². The zero-order valence-electron chi connectivity index (χ0n) is 14.8. The summed E-state index contributed by atoms with van der Waals surface area (Å²) in [7, 11) is 1.68. The van der Waals surface area contributed by atoms with Gasteiger partial charge in [-0.25, -0.2) is 4.39 Å². The van der Waals surface area contributed by atoms with Crippen LogP contribution < -0.4 is 16.0 Å². The number of hydrogen-bond donors (Lipinski definition) is 3. The van der Waals surface area contributed by atoms with Crippen LogP contribution in [0.3, 0.4) is 0 Å². The largest absolute Gasteiger partial charge is 0.353 e. The van der Waals surface area contributed by atoms with Crippen molar-refractivity contribution in [2.75, 3.05) is 18.9 Å². The Labute approximate surface area is 152 Å². The summed E-state index contributed by atoms with van der Waals surface area (Å²) in [6.45, 7) is 0.0837. The summed E-state index contributed by atoms with van der Waals surface area (Å²) >= 11 is 0. The summed E-state index contributed by atoms with van der Waals surface area (Å²) in [6.07, 6.45) is 3.01. The van der Waals surface area contributed by atoms with Gasteiger partial charge in [0.05, 0.1) is 6.54 Å². The summed E-state index contributed by atoms with van der Waals surface area (Å²) in [5.41, 5.74) is 3.33. The third-order valence-electron chi connectivity index (χ3n) is 4.46. The number of anilines is 1. The molecule has 5 nitrogen and oxygen atoms in total. The molecule has 136 valence electrons. The lowest BCUT2D eigenvalue weighted by atomic mass is 9.88. The Bertz CT molecular complexity index is 789. The molecular weight excluding hydrogens is 331 g/mol. The van der Waals surface area contributed by atoms with Gasteiger partial charge in [-0.3, -0.25) is 9.79 Å². The van der Waals surface area contributed by atoms with E-state index in [9.17, 15) is 9.18 Å². The number of aliphatic imine (C=N–C) groups is 1. The monoisotopic (exact) mass is 354 g/mol. The molecule has 0 heterocycles. The van der Waals surface area contributed by atoms with E-state index in [1.807, 2.05) is 0 Å². The van der Waals surface area contributed by atoms with Crippen molar-refractivity contribution in [3.8, 4) is 0 Å². The molecule has 3 N–H and O–H groups in total. The fraction of sp³-hybridized carbons (Fsp3) is 0.300. The molecule has 0 aliphatic heterocycles. The van der Waals surface area contributed by atoms with E-state index < -0.39 is 0 Å². The molecule has 2 aromatic carbocycles. The molecule has 0 saturated heterocycles. The number of halogens is 1. The predicted molar refractivity (Wildman–Crippen MR) is 102 cm³/mol. The number of guanidine groups is 1. The zero-order valence-corrected chi connectivity index (χ0v) is 14.8. The van der Waals surface area contributed by atoms with E-state index in [2.05, 4.69) is 45.2 Å². The van der Waals surface area contributed by atoms with E-state index in [-0.39, 0.29) is 24.3 Å². The van der Waals surface area contributed by atoms with Crippen molar-refractivity contribution in [2.45, 2.75) is 25.3 Å². The highest BCUT2D eigenvalue weighted by Gasteiger charge is 2.19. The van der Waals surface area contributed by atoms with Gasteiger partial charge in [0.25, 0.3) is 0 Å². The molecule has 1 atom stereocenters. The molecule has 0 spiro atoms. The van der Waals surface area contributed by atoms with Crippen LogP contribution in [0, 0.1) is 5.82 Å². The third kappa shape index (κ3) is 4.81. The summed E-state index contributed by atoms with van der Waals surface area (Å²) in [4.78, 5) is 16.2. The van der Waals surface area contributed by atoms with Crippen LogP contribution in [0.5, 0.6) is 0 Å². The Balaban J connectivity index is 1.48. The summed E-state index contributed by atoms with van der Waals surface area (Å²) in [5.74, 6) is 0.0527. The number of carbonyl (C=O) groups is 1. The first-order chi connectivity index (χ1) is 12.6. The van der Waals surface area contributed by atoms with Crippen LogP contribution in [0.1, 0.15) is 17.5 Å². The second-order valence-corrected chi connectivity index (χ2v) is 6.33. The Kier molecular flexibility index (Phi) is 5.84. The van der Waals surface area contributed by atoms with Gasteiger partial charge in [0.2, 0.25) is 5.91 Å². The molecule has 0 saturated carbocycles. The van der Waals surface area contributed by atoms with Gasteiger partial charge in [-0.1, -0.05) is 24.3 Å². The minimum absolute atomic E-state index is 0.0837. The molecule has 6 heteroatoms. The number of nitrogens with one attached hydrogen (secondary N) is 3. The summed E-state index contributed by atoms with van der Waals surface area (Å²) < 4.78 is 12.9. The molecule has 1 aliphatic carbocycles. The first-order valence-corrected chi connectivity index (χ1v) is 8.73. The van der Waals surface area contributed by atoms with Crippen molar-refractivity contribution in [3.63, 3.8) is 0 Å². The number of fused-ring (bicyclic) bond motifs is 1. The van der Waals surface area contributed by atoms with Crippen LogP contribution in [-0.2, 0) is 17.6 Å². The first-order valence-electron chi connectivity index (χ1n) is 8.73. The molecule has 1 aliphatic rings. The van der Waals surface area contributed by atoms with Crippen molar-refractivity contribution in [1.29, 1.82) is 0 Å². The minimum atomic E-state index is -0.334. The van der Waals surface area contributed by atoms with Gasteiger partial charge in [0.1, 0.15) is 5.82 Å². The van der Waals surface area contributed by atoms with Gasteiger partial charge >= 0.3 is 0 Å². The summed E-state index contributed by atoms with van der Waals surface area (Å²) in [5, 5.41) is 9.12. The van der Waals surface area contributed by atoms with E-state index in [4.69, 9.17) is 0 Å². The molecular formula is C20H23FN4O. The maximum atomic E-state index is 12.9. The lowest BCUT2D eigenvalue weighted by molar-refractivity contribution is -0.115. The van der Waals surface area contributed by atoms with Gasteiger partial charge in [-0.2, -0.15) is 0 Å². The average Bonchev–Trinajstić information content (AvgIpc) is 2.67. The second kappa shape index (κ2) is 8.47. The molecule has 0 aromatic heterocycles. The normalized spacial score (nSPS) is 16.5. The maximum absolute atomic E-state index is 12.9. The highest BCUT2D eigenvalue weighted by Crippen LogP contribution is 2.20. The summed E-state index contributed by atoms with van der Waals surface area (Å²) in [6, 6.07) is 14.4. The molecule has 3 rings (SSSR count). The van der Waals surface area contributed by atoms with E-state index >= 15 is 0 Å². The molecule has 1 amide bonds. The van der Waals surface area contributed by atoms with Crippen LogP contribution >= 0.6 is 0 Å². The van der Waals surface area contributed by atoms with Gasteiger partial charge < -0.3 is 16.0 Å². The van der Waals surface area contributed by atoms with Gasteiger partial charge in [0, 0.05) is 18.8 Å². The van der Waals surface area contributed by atoms with E-state index in [0.29, 0.717) is 11.6 Å². The van der Waals surface area contributed by atoms with Crippen molar-refractivity contribution in [1.82, 2.24) is 10.6 Å². The fourth-order valence-corrected chi connectivity index (χ4v) is 3.11. The molecule has 26 heavy (non-hydrogen) atoms. The molecule has 0 fully saturated rings. The average molecular weight is 354 g/mol. The van der Waals surface area contributed by atoms with Crippen LogP contribution in [0.2, 0.25) is 0 Å². The Hall–Kier alpha value is -2.89. The van der Waals surface area contributed by atoms with Crippen molar-refractivity contribution < 1.29 is 9.18 Å². The highest BCUT2D eigenvalue weighted by molar-refractivity contribution is 5.95. The Morgan fingerprint density at radius 1 is 1.15 bits per heavy atom. The minimum Gasteiger partial charge on any atom is -0.353 e. The van der Waals surface area contributed by atoms with Gasteiger partial charge in [-0.05, 0) is 54.7 Å². The lowest BCUT2D eigenvalue weighted by Gasteiger charge is -2.27. The molecule has 2 aromatic rings. The van der Waals surface area contributed by atoms with Crippen molar-refractivity contribution in [3.05, 3.63) is 65.5 Å². The fourth-order valence-electron chi connectivity index (χ4n) is 3.11. The van der Waals surface area contributed by atoms with Crippen LogP contribution in [0.25, 0.3) is 0 Å². The van der Waals surface area contributed by atoms with Crippen molar-refractivity contribution in [2.24, 2.45) is 4.99 Å². The van der Waals surface area contributed by atoms with E-state index in [0.717, 1.165) is 19.3 Å². The van der Waals surface area contributed by atoms with Crippen LogP contribution in [-0.4, -0.2) is 31.5 Å². The van der Waals surface area contributed by atoms with Gasteiger partial charge in [-0.15, -0.1) is 0 Å². The second-order valence-electron chi connectivity index (χ2n) is 6.33. The Morgan fingerprint density at radius 3 is 2.62 bits per heavy atom. The smallest absolute Gasteiger partial charge is 0.243 e. The maximum Gasteiger partial charge on any atom is 0.243 e. The van der Waals surface area contributed by atoms with E-state index in [1.54, 1.807) is 7.05 Å². The zero-order chi connectivity index (χ0) is 18.4. The number of hydrogen-bond acceptors (Lipinski definition) is 2. The quantitative estimate of drug-likeness (QED) is 0.584. The molecule has 0 bridgehead atoms. The number of carbonyl (C=O) groups excluding carboxylic acids is 1. The van der Waals surface area contributed by atoms with E-state index in [1.165, 1.54) is 35.4 Å². The lowest BCUT2D eigenvalue weighted by Crippen LogP contribution is -2.47. The Morgan fingerprint density at radius 2 is 1.88 bits per heavy atom. The van der Waals surface area contributed by atoms with Crippen LogP contribution in [0.4, 0.5) is 10.1 Å². The number of nitrogens with zero attached hydrogens (tertiary/aromatic N) is 1. The highest BCUT2D eigenvalue weighted by atomic mass is 19.1. The van der Waals surface area contributed by atoms with Crippen molar-refractivity contribution >= 4 is 17.6 Å². The number of amides is 1. The van der Waals surface area contributed by atoms with Gasteiger partial charge in [0.15, 0.2) is 5.96 Å². The number of benzene rings is 2. The molecule has 1 unspecified atom stereocenters.